The Kier molecular flexibility index (Phi) is 7.44. The molecule has 9 heteroatoms. The smallest absolute Gasteiger partial charge is 0.264 e. The lowest BCUT2D eigenvalue weighted by Gasteiger charge is -2.35. The van der Waals surface area contributed by atoms with Gasteiger partial charge in [-0.05, 0) is 60.5 Å². The van der Waals surface area contributed by atoms with Crippen molar-refractivity contribution in [2.45, 2.75) is 31.8 Å². The highest BCUT2D eigenvalue weighted by atomic mass is 35.5. The second-order valence-corrected chi connectivity index (χ2v) is 10.1. The maximum absolute atomic E-state index is 13.6. The molecule has 1 fully saturated rings. The van der Waals surface area contributed by atoms with Crippen molar-refractivity contribution in [2.75, 3.05) is 13.1 Å². The van der Waals surface area contributed by atoms with E-state index in [1.165, 1.54) is 11.3 Å². The topological polar surface area (TPSA) is 79.5 Å². The molecule has 1 aliphatic heterocycles. The van der Waals surface area contributed by atoms with E-state index in [0.29, 0.717) is 34.7 Å². The summed E-state index contributed by atoms with van der Waals surface area (Å²) in [6.07, 6.45) is 2.57. The fourth-order valence-electron chi connectivity index (χ4n) is 4.39. The first kappa shape index (κ1) is 24.2. The summed E-state index contributed by atoms with van der Waals surface area (Å²) in [6.45, 7) is 0.901. The molecule has 2 amide bonds. The molecular weight excluding hydrogens is 496 g/mol. The zero-order chi connectivity index (χ0) is 24.9. The minimum atomic E-state index is -0.324. The Labute approximate surface area is 218 Å². The number of nitrogens with zero attached hydrogens (tertiary/aromatic N) is 4. The SMILES string of the molecule is O=C(c1cccs1)N(CC(=O)N1CCCCC1c1nc(-c2ccc(Cl)cc2)no1)Cc1ccccc1. The van der Waals surface area contributed by atoms with Crippen molar-refractivity contribution < 1.29 is 14.1 Å². The molecule has 5 rings (SSSR count). The first-order chi connectivity index (χ1) is 17.6. The molecule has 1 saturated heterocycles. The van der Waals surface area contributed by atoms with Crippen LogP contribution in [-0.4, -0.2) is 44.8 Å². The average Bonchev–Trinajstić information content (AvgIpc) is 3.62. The van der Waals surface area contributed by atoms with E-state index in [9.17, 15) is 9.59 Å². The van der Waals surface area contributed by atoms with Gasteiger partial charge in [0.25, 0.3) is 5.91 Å². The van der Waals surface area contributed by atoms with E-state index in [4.69, 9.17) is 16.1 Å². The molecule has 2 aromatic heterocycles. The molecule has 0 bridgehead atoms. The third-order valence-corrected chi connectivity index (χ3v) is 7.32. The molecule has 0 radical (unpaired) electrons. The standard InChI is InChI=1S/C27H25ClN4O3S/c28-21-13-11-20(12-14-21)25-29-26(35-30-25)22-9-4-5-15-32(22)24(33)18-31(17-19-7-2-1-3-8-19)27(34)23-10-6-16-36-23/h1-3,6-8,10-14,16,22H,4-5,9,15,17-18H2. The third kappa shape index (κ3) is 5.50. The van der Waals surface area contributed by atoms with Crippen LogP contribution in [0.1, 0.15) is 46.4 Å². The van der Waals surface area contributed by atoms with Crippen molar-refractivity contribution in [2.24, 2.45) is 0 Å². The van der Waals surface area contributed by atoms with Gasteiger partial charge in [-0.25, -0.2) is 0 Å². The van der Waals surface area contributed by atoms with Gasteiger partial charge in [-0.15, -0.1) is 11.3 Å². The van der Waals surface area contributed by atoms with Gasteiger partial charge in [-0.3, -0.25) is 9.59 Å². The van der Waals surface area contributed by atoms with Crippen LogP contribution in [0.5, 0.6) is 0 Å². The van der Waals surface area contributed by atoms with Crippen molar-refractivity contribution in [1.82, 2.24) is 19.9 Å². The minimum absolute atomic E-state index is 0.0275. The fraction of sp³-hybridized carbons (Fsp3) is 0.259. The summed E-state index contributed by atoms with van der Waals surface area (Å²) in [5.74, 6) is 0.579. The first-order valence-electron chi connectivity index (χ1n) is 11.8. The highest BCUT2D eigenvalue weighted by Gasteiger charge is 2.34. The third-order valence-electron chi connectivity index (χ3n) is 6.21. The molecule has 2 aromatic carbocycles. The lowest BCUT2D eigenvalue weighted by Crippen LogP contribution is -2.45. The van der Waals surface area contributed by atoms with E-state index >= 15 is 0 Å². The van der Waals surface area contributed by atoms with Crippen LogP contribution in [0.15, 0.2) is 76.6 Å². The molecule has 7 nitrogen and oxygen atoms in total. The van der Waals surface area contributed by atoms with Gasteiger partial charge in [0.05, 0.1) is 4.88 Å². The Morgan fingerprint density at radius 1 is 1.06 bits per heavy atom. The van der Waals surface area contributed by atoms with Crippen molar-refractivity contribution in [3.63, 3.8) is 0 Å². The van der Waals surface area contributed by atoms with Gasteiger partial charge >= 0.3 is 0 Å². The number of halogens is 1. The molecule has 1 aliphatic rings. The second kappa shape index (κ2) is 11.1. The number of hydrogen-bond acceptors (Lipinski definition) is 6. The van der Waals surface area contributed by atoms with Crippen LogP contribution in [0.3, 0.4) is 0 Å². The van der Waals surface area contributed by atoms with Gasteiger partial charge in [0.15, 0.2) is 0 Å². The highest BCUT2D eigenvalue weighted by Crippen LogP contribution is 2.32. The van der Waals surface area contributed by atoms with E-state index in [1.807, 2.05) is 53.9 Å². The molecular formula is C27H25ClN4O3S. The van der Waals surface area contributed by atoms with Crippen molar-refractivity contribution in [1.29, 1.82) is 0 Å². The molecule has 0 aliphatic carbocycles. The van der Waals surface area contributed by atoms with E-state index in [1.54, 1.807) is 28.0 Å². The Morgan fingerprint density at radius 2 is 1.86 bits per heavy atom. The van der Waals surface area contributed by atoms with E-state index in [0.717, 1.165) is 30.4 Å². The molecule has 184 valence electrons. The number of carbonyl (C=O) groups excluding carboxylic acids is 2. The monoisotopic (exact) mass is 520 g/mol. The van der Waals surface area contributed by atoms with Gasteiger partial charge in [-0.2, -0.15) is 4.98 Å². The number of aromatic nitrogens is 2. The van der Waals surface area contributed by atoms with Gasteiger partial charge in [0, 0.05) is 23.7 Å². The number of hydrogen-bond donors (Lipinski definition) is 0. The fourth-order valence-corrected chi connectivity index (χ4v) is 5.20. The summed E-state index contributed by atoms with van der Waals surface area (Å²) in [7, 11) is 0. The van der Waals surface area contributed by atoms with Crippen LogP contribution >= 0.6 is 22.9 Å². The lowest BCUT2D eigenvalue weighted by molar-refractivity contribution is -0.136. The Bertz CT molecular complexity index is 1310. The van der Waals surface area contributed by atoms with Crippen LogP contribution in [0.25, 0.3) is 11.4 Å². The van der Waals surface area contributed by atoms with Gasteiger partial charge < -0.3 is 14.3 Å². The number of thiophene rings is 1. The summed E-state index contributed by atoms with van der Waals surface area (Å²) in [5, 5.41) is 6.63. The van der Waals surface area contributed by atoms with Crippen LogP contribution in [0.4, 0.5) is 0 Å². The van der Waals surface area contributed by atoms with Crippen LogP contribution < -0.4 is 0 Å². The quantitative estimate of drug-likeness (QED) is 0.305. The predicted octanol–water partition coefficient (Wildman–Crippen LogP) is 5.85. The number of likely N-dealkylation sites (tertiary alicyclic amines) is 1. The van der Waals surface area contributed by atoms with E-state index in [2.05, 4.69) is 10.1 Å². The molecule has 3 heterocycles. The summed E-state index contributed by atoms with van der Waals surface area (Å²) in [5.41, 5.74) is 1.76. The summed E-state index contributed by atoms with van der Waals surface area (Å²) in [4.78, 5) is 35.5. The predicted molar refractivity (Wildman–Crippen MR) is 139 cm³/mol. The zero-order valence-electron chi connectivity index (χ0n) is 19.5. The zero-order valence-corrected chi connectivity index (χ0v) is 21.1. The normalized spacial score (nSPS) is 15.6. The Morgan fingerprint density at radius 3 is 2.61 bits per heavy atom. The van der Waals surface area contributed by atoms with Crippen molar-refractivity contribution in [3.05, 3.63) is 93.5 Å². The molecule has 1 atom stereocenters. The average molecular weight is 521 g/mol. The largest absolute Gasteiger partial charge is 0.337 e. The van der Waals surface area contributed by atoms with Gasteiger partial charge in [0.1, 0.15) is 12.6 Å². The minimum Gasteiger partial charge on any atom is -0.337 e. The summed E-state index contributed by atoms with van der Waals surface area (Å²) in [6, 6.07) is 20.2. The number of benzene rings is 2. The first-order valence-corrected chi connectivity index (χ1v) is 13.1. The second-order valence-electron chi connectivity index (χ2n) is 8.69. The number of piperidine rings is 1. The van der Waals surface area contributed by atoms with Crippen molar-refractivity contribution >= 4 is 34.8 Å². The summed E-state index contributed by atoms with van der Waals surface area (Å²) < 4.78 is 5.61. The molecule has 0 spiro atoms. The molecule has 1 unspecified atom stereocenters. The van der Waals surface area contributed by atoms with Gasteiger partial charge in [0.2, 0.25) is 17.6 Å². The van der Waals surface area contributed by atoms with E-state index < -0.39 is 0 Å². The van der Waals surface area contributed by atoms with Crippen LogP contribution in [0.2, 0.25) is 5.02 Å². The van der Waals surface area contributed by atoms with Crippen LogP contribution in [0, 0.1) is 0 Å². The lowest BCUT2D eigenvalue weighted by atomic mass is 10.0. The molecule has 36 heavy (non-hydrogen) atoms. The molecule has 0 saturated carbocycles. The molecule has 0 N–H and O–H groups in total. The van der Waals surface area contributed by atoms with Gasteiger partial charge in [-0.1, -0.05) is 53.2 Å². The highest BCUT2D eigenvalue weighted by molar-refractivity contribution is 7.12. The van der Waals surface area contributed by atoms with Crippen LogP contribution in [-0.2, 0) is 11.3 Å². The van der Waals surface area contributed by atoms with E-state index in [-0.39, 0.29) is 24.4 Å². The maximum atomic E-state index is 13.6. The number of rotatable bonds is 7. The summed E-state index contributed by atoms with van der Waals surface area (Å²) >= 11 is 7.37. The number of carbonyl (C=O) groups is 2. The van der Waals surface area contributed by atoms with Crippen molar-refractivity contribution in [3.8, 4) is 11.4 Å². The Balaban J connectivity index is 1.36. The Hall–Kier alpha value is -3.49. The molecule has 4 aromatic rings. The maximum Gasteiger partial charge on any atom is 0.264 e. The number of amides is 2.